The smallest absolute Gasteiger partial charge is 0.340 e. The molecule has 140 valence electrons. The number of hydrogen-bond donors (Lipinski definition) is 0. The Balaban J connectivity index is 2.05. The molecule has 0 aliphatic heterocycles. The Bertz CT molecular complexity index is 780. The summed E-state index contributed by atoms with van der Waals surface area (Å²) in [4.78, 5) is 28.5. The molecular weight excluding hydrogens is 336 g/mol. The second-order valence-corrected chi connectivity index (χ2v) is 6.05. The molecule has 1 atom stereocenters. The lowest BCUT2D eigenvalue weighted by molar-refractivity contribution is 0.0474. The number of hydrogen-bond acceptors (Lipinski definition) is 6. The van der Waals surface area contributed by atoms with Crippen molar-refractivity contribution in [1.82, 2.24) is 9.55 Å². The molecule has 7 heteroatoms. The Morgan fingerprint density at radius 3 is 2.54 bits per heavy atom. The van der Waals surface area contributed by atoms with Gasteiger partial charge in [0, 0.05) is 36.3 Å². The standard InChI is InChI=1S/C19H24N2O5/c1-12-8-16(14(3)21(12)13(2)10-24-4)17(22)11-26-19(23)15-6-7-18(25-5)20-9-15/h6-9,13H,10-11H2,1-5H3/t13-/m1/s1. The van der Waals surface area contributed by atoms with Gasteiger partial charge in [0.2, 0.25) is 11.7 Å². The van der Waals surface area contributed by atoms with Crippen LogP contribution in [0.5, 0.6) is 5.88 Å². The van der Waals surface area contributed by atoms with E-state index < -0.39 is 5.97 Å². The van der Waals surface area contributed by atoms with Crippen molar-refractivity contribution in [3.8, 4) is 5.88 Å². The first-order valence-corrected chi connectivity index (χ1v) is 8.26. The van der Waals surface area contributed by atoms with Crippen molar-refractivity contribution in [2.75, 3.05) is 27.4 Å². The van der Waals surface area contributed by atoms with Crippen molar-refractivity contribution >= 4 is 11.8 Å². The zero-order valence-corrected chi connectivity index (χ0v) is 15.7. The summed E-state index contributed by atoms with van der Waals surface area (Å²) >= 11 is 0. The Hall–Kier alpha value is -2.67. The number of rotatable bonds is 8. The molecule has 0 bridgehead atoms. The zero-order chi connectivity index (χ0) is 19.3. The largest absolute Gasteiger partial charge is 0.481 e. The number of nitrogens with zero attached hydrogens (tertiary/aromatic N) is 2. The Kier molecular flexibility index (Phi) is 6.52. The van der Waals surface area contributed by atoms with Gasteiger partial charge in [0.05, 0.1) is 25.3 Å². The van der Waals surface area contributed by atoms with Crippen molar-refractivity contribution in [2.45, 2.75) is 26.8 Å². The average molecular weight is 360 g/mol. The highest BCUT2D eigenvalue weighted by atomic mass is 16.5. The third kappa shape index (κ3) is 4.29. The predicted octanol–water partition coefficient (Wildman–Crippen LogP) is 2.76. The molecule has 0 fully saturated rings. The third-order valence-corrected chi connectivity index (χ3v) is 4.15. The number of pyridine rings is 1. The van der Waals surface area contributed by atoms with Gasteiger partial charge in [-0.2, -0.15) is 0 Å². The van der Waals surface area contributed by atoms with Gasteiger partial charge in [0.1, 0.15) is 0 Å². The summed E-state index contributed by atoms with van der Waals surface area (Å²) in [5.74, 6) is -0.450. The molecule has 2 aromatic rings. The first-order chi connectivity index (χ1) is 12.4. The van der Waals surface area contributed by atoms with Crippen LogP contribution in [0, 0.1) is 13.8 Å². The molecule has 0 spiro atoms. The van der Waals surface area contributed by atoms with Gasteiger partial charge in [-0.3, -0.25) is 4.79 Å². The van der Waals surface area contributed by atoms with Gasteiger partial charge in [-0.1, -0.05) is 0 Å². The molecule has 0 radical (unpaired) electrons. The molecule has 0 saturated heterocycles. The van der Waals surface area contributed by atoms with Gasteiger partial charge >= 0.3 is 5.97 Å². The minimum Gasteiger partial charge on any atom is -0.481 e. The molecular formula is C19H24N2O5. The van der Waals surface area contributed by atoms with Gasteiger partial charge in [0.25, 0.3) is 0 Å². The van der Waals surface area contributed by atoms with Crippen LogP contribution in [0.15, 0.2) is 24.4 Å². The van der Waals surface area contributed by atoms with Crippen LogP contribution in [-0.4, -0.2) is 48.7 Å². The molecule has 2 rings (SSSR count). The summed E-state index contributed by atoms with van der Waals surface area (Å²) in [6.07, 6.45) is 1.35. The molecule has 0 saturated carbocycles. The van der Waals surface area contributed by atoms with E-state index in [-0.39, 0.29) is 24.0 Å². The second kappa shape index (κ2) is 8.62. The normalized spacial score (nSPS) is 11.9. The van der Waals surface area contributed by atoms with Crippen LogP contribution >= 0.6 is 0 Å². The van der Waals surface area contributed by atoms with Crippen molar-refractivity contribution < 1.29 is 23.8 Å². The number of methoxy groups -OCH3 is 2. The van der Waals surface area contributed by atoms with Gasteiger partial charge in [-0.05, 0) is 32.9 Å². The van der Waals surface area contributed by atoms with E-state index >= 15 is 0 Å². The van der Waals surface area contributed by atoms with E-state index in [9.17, 15) is 9.59 Å². The van der Waals surface area contributed by atoms with E-state index in [4.69, 9.17) is 14.2 Å². The van der Waals surface area contributed by atoms with Gasteiger partial charge in [-0.25, -0.2) is 9.78 Å². The molecule has 2 aromatic heterocycles. The summed E-state index contributed by atoms with van der Waals surface area (Å²) < 4.78 is 17.3. The lowest BCUT2D eigenvalue weighted by Gasteiger charge is -2.17. The summed E-state index contributed by atoms with van der Waals surface area (Å²) in [7, 11) is 3.13. The monoisotopic (exact) mass is 360 g/mol. The number of aromatic nitrogens is 2. The SMILES string of the molecule is COC[C@@H](C)n1c(C)cc(C(=O)COC(=O)c2ccc(OC)nc2)c1C. The van der Waals surface area contributed by atoms with Crippen LogP contribution < -0.4 is 4.74 Å². The number of ketones is 1. The number of Topliss-reactive ketones (excluding diaryl/α,β-unsaturated/α-hetero) is 1. The van der Waals surface area contributed by atoms with E-state index in [1.807, 2.05) is 31.4 Å². The fourth-order valence-electron chi connectivity index (χ4n) is 2.97. The minimum absolute atomic E-state index is 0.106. The second-order valence-electron chi connectivity index (χ2n) is 6.05. The van der Waals surface area contributed by atoms with Crippen molar-refractivity contribution in [1.29, 1.82) is 0 Å². The molecule has 0 aliphatic carbocycles. The van der Waals surface area contributed by atoms with Crippen molar-refractivity contribution in [3.63, 3.8) is 0 Å². The maximum Gasteiger partial charge on any atom is 0.340 e. The lowest BCUT2D eigenvalue weighted by atomic mass is 10.1. The number of ether oxygens (including phenoxy) is 3. The molecule has 0 amide bonds. The van der Waals surface area contributed by atoms with Crippen LogP contribution in [-0.2, 0) is 9.47 Å². The first-order valence-electron chi connectivity index (χ1n) is 8.26. The van der Waals surface area contributed by atoms with Crippen LogP contribution in [0.1, 0.15) is 45.1 Å². The van der Waals surface area contributed by atoms with Crippen LogP contribution in [0.25, 0.3) is 0 Å². The van der Waals surface area contributed by atoms with E-state index in [2.05, 4.69) is 4.98 Å². The topological polar surface area (TPSA) is 79.7 Å². The summed E-state index contributed by atoms with van der Waals surface area (Å²) in [5.41, 5.74) is 2.60. The quantitative estimate of drug-likeness (QED) is 0.532. The molecule has 0 aromatic carbocycles. The molecule has 7 nitrogen and oxygen atoms in total. The number of aryl methyl sites for hydroxylation is 1. The number of carbonyl (C=O) groups is 2. The van der Waals surface area contributed by atoms with E-state index in [0.717, 1.165) is 11.4 Å². The van der Waals surface area contributed by atoms with Gasteiger partial charge < -0.3 is 18.8 Å². The predicted molar refractivity (Wildman–Crippen MR) is 95.9 cm³/mol. The van der Waals surface area contributed by atoms with Crippen LogP contribution in [0.3, 0.4) is 0 Å². The van der Waals surface area contributed by atoms with Gasteiger partial charge in [-0.15, -0.1) is 0 Å². The van der Waals surface area contributed by atoms with E-state index in [0.29, 0.717) is 18.1 Å². The van der Waals surface area contributed by atoms with Crippen molar-refractivity contribution in [2.24, 2.45) is 0 Å². The maximum absolute atomic E-state index is 12.5. The summed E-state index contributed by atoms with van der Waals surface area (Å²) in [6.45, 7) is 6.05. The first kappa shape index (κ1) is 19.7. The number of carbonyl (C=O) groups excluding carboxylic acids is 2. The molecule has 2 heterocycles. The highest BCUT2D eigenvalue weighted by Crippen LogP contribution is 2.21. The molecule has 0 N–H and O–H groups in total. The summed E-state index contributed by atoms with van der Waals surface area (Å²) in [5, 5.41) is 0. The molecule has 0 unspecified atom stereocenters. The Morgan fingerprint density at radius 1 is 1.23 bits per heavy atom. The summed E-state index contributed by atoms with van der Waals surface area (Å²) in [6, 6.07) is 5.02. The van der Waals surface area contributed by atoms with Crippen molar-refractivity contribution in [3.05, 3.63) is 46.9 Å². The minimum atomic E-state index is -0.602. The highest BCUT2D eigenvalue weighted by molar-refractivity contribution is 6.00. The average Bonchev–Trinajstić information content (AvgIpc) is 2.94. The molecule has 0 aliphatic rings. The zero-order valence-electron chi connectivity index (χ0n) is 15.7. The van der Waals surface area contributed by atoms with E-state index in [1.54, 1.807) is 13.2 Å². The lowest BCUT2D eigenvalue weighted by Crippen LogP contribution is -2.17. The molecule has 26 heavy (non-hydrogen) atoms. The van der Waals surface area contributed by atoms with Gasteiger partial charge in [0.15, 0.2) is 6.61 Å². The van der Waals surface area contributed by atoms with Crippen LogP contribution in [0.2, 0.25) is 0 Å². The Labute approximate surface area is 152 Å². The number of esters is 1. The fourth-order valence-corrected chi connectivity index (χ4v) is 2.97. The fraction of sp³-hybridized carbons (Fsp3) is 0.421. The highest BCUT2D eigenvalue weighted by Gasteiger charge is 2.20. The van der Waals surface area contributed by atoms with Crippen LogP contribution in [0.4, 0.5) is 0 Å². The maximum atomic E-state index is 12.5. The Morgan fingerprint density at radius 2 is 1.96 bits per heavy atom. The third-order valence-electron chi connectivity index (χ3n) is 4.15. The van der Waals surface area contributed by atoms with E-state index in [1.165, 1.54) is 19.4 Å².